The molecule has 0 unspecified atom stereocenters. The highest BCUT2D eigenvalue weighted by Crippen LogP contribution is 2.19. The van der Waals surface area contributed by atoms with Gasteiger partial charge in [-0.25, -0.2) is 4.39 Å². The van der Waals surface area contributed by atoms with Crippen LogP contribution in [0.25, 0.3) is 0 Å². The van der Waals surface area contributed by atoms with Gasteiger partial charge in [-0.3, -0.25) is 4.79 Å². The Balaban J connectivity index is 2.21. The normalized spacial score (nSPS) is 10.2. The van der Waals surface area contributed by atoms with Crippen molar-refractivity contribution in [3.05, 3.63) is 62.4 Å². The number of benzene rings is 2. The van der Waals surface area contributed by atoms with Gasteiger partial charge in [-0.2, -0.15) is 0 Å². The van der Waals surface area contributed by atoms with E-state index in [0.29, 0.717) is 11.3 Å². The minimum absolute atomic E-state index is 0.243. The maximum absolute atomic E-state index is 13.1. The Morgan fingerprint density at radius 3 is 2.67 bits per heavy atom. The molecule has 0 bridgehead atoms. The van der Waals surface area contributed by atoms with Gasteiger partial charge in [0.25, 0.3) is 5.91 Å². The maximum atomic E-state index is 13.1. The number of carbonyl (C=O) groups is 1. The molecule has 0 fully saturated rings. The summed E-state index contributed by atoms with van der Waals surface area (Å²) in [7, 11) is 0. The Morgan fingerprint density at radius 2 is 2.00 bits per heavy atom. The fourth-order valence-corrected chi connectivity index (χ4v) is 2.22. The lowest BCUT2D eigenvalue weighted by Crippen LogP contribution is -2.12. The van der Waals surface area contributed by atoms with E-state index in [2.05, 4.69) is 27.9 Å². The summed E-state index contributed by atoms with van der Waals surface area (Å²) in [6, 6.07) is 11.0. The van der Waals surface area contributed by atoms with Gasteiger partial charge >= 0.3 is 0 Å². The zero-order valence-electron chi connectivity index (χ0n) is 9.08. The largest absolute Gasteiger partial charge is 0.322 e. The van der Waals surface area contributed by atoms with E-state index < -0.39 is 5.82 Å². The van der Waals surface area contributed by atoms with Gasteiger partial charge in [-0.05, 0) is 59.0 Å². The predicted molar refractivity (Wildman–Crippen MR) is 78.5 cm³/mol. The lowest BCUT2D eigenvalue weighted by Gasteiger charge is -2.06. The van der Waals surface area contributed by atoms with E-state index in [1.807, 2.05) is 6.07 Å². The van der Waals surface area contributed by atoms with Crippen molar-refractivity contribution >= 4 is 45.8 Å². The molecule has 2 nitrogen and oxygen atoms in total. The third kappa shape index (κ3) is 3.43. The van der Waals surface area contributed by atoms with E-state index in [9.17, 15) is 9.18 Å². The maximum Gasteiger partial charge on any atom is 0.255 e. The van der Waals surface area contributed by atoms with E-state index in [-0.39, 0.29) is 10.9 Å². The molecule has 1 amide bonds. The Morgan fingerprint density at radius 1 is 1.22 bits per heavy atom. The minimum Gasteiger partial charge on any atom is -0.322 e. The average molecular weight is 376 g/mol. The molecule has 0 spiro atoms. The van der Waals surface area contributed by atoms with Crippen molar-refractivity contribution < 1.29 is 9.18 Å². The van der Waals surface area contributed by atoms with Crippen LogP contribution in [0.3, 0.4) is 0 Å². The first-order valence-electron chi connectivity index (χ1n) is 5.07. The highest BCUT2D eigenvalue weighted by molar-refractivity contribution is 14.1. The number of halogens is 3. The Kier molecular flexibility index (Phi) is 4.19. The van der Waals surface area contributed by atoms with E-state index in [1.165, 1.54) is 18.2 Å². The van der Waals surface area contributed by atoms with Crippen LogP contribution in [0.1, 0.15) is 10.4 Å². The molecule has 0 heterocycles. The summed E-state index contributed by atoms with van der Waals surface area (Å²) in [6.07, 6.45) is 0. The molecule has 18 heavy (non-hydrogen) atoms. The van der Waals surface area contributed by atoms with Crippen molar-refractivity contribution in [1.82, 2.24) is 0 Å². The van der Waals surface area contributed by atoms with Gasteiger partial charge in [-0.1, -0.05) is 17.7 Å². The van der Waals surface area contributed by atoms with E-state index in [4.69, 9.17) is 11.6 Å². The molecular weight excluding hydrogens is 368 g/mol. The third-order valence-electron chi connectivity index (χ3n) is 2.21. The van der Waals surface area contributed by atoms with Crippen LogP contribution in [0.2, 0.25) is 5.02 Å². The molecule has 0 aliphatic carbocycles. The smallest absolute Gasteiger partial charge is 0.255 e. The molecule has 1 N–H and O–H groups in total. The van der Waals surface area contributed by atoms with Crippen molar-refractivity contribution in [3.63, 3.8) is 0 Å². The quantitative estimate of drug-likeness (QED) is 0.778. The summed E-state index contributed by atoms with van der Waals surface area (Å²) < 4.78 is 14.1. The lowest BCUT2D eigenvalue weighted by molar-refractivity contribution is 0.102. The molecule has 2 rings (SSSR count). The molecule has 2 aromatic carbocycles. The summed E-state index contributed by atoms with van der Waals surface area (Å²) >= 11 is 7.83. The van der Waals surface area contributed by atoms with Crippen LogP contribution < -0.4 is 5.32 Å². The molecule has 0 radical (unpaired) electrons. The van der Waals surface area contributed by atoms with E-state index >= 15 is 0 Å². The van der Waals surface area contributed by atoms with E-state index in [0.717, 1.165) is 3.57 Å². The monoisotopic (exact) mass is 375 g/mol. The second-order valence-corrected chi connectivity index (χ2v) is 5.30. The van der Waals surface area contributed by atoms with Gasteiger partial charge in [-0.15, -0.1) is 0 Å². The number of anilines is 1. The van der Waals surface area contributed by atoms with E-state index in [1.54, 1.807) is 18.2 Å². The fourth-order valence-electron chi connectivity index (χ4n) is 1.46. The Labute approximate surface area is 122 Å². The number of amides is 1. The second kappa shape index (κ2) is 5.67. The zero-order valence-corrected chi connectivity index (χ0v) is 12.0. The highest BCUT2D eigenvalue weighted by atomic mass is 127. The molecule has 2 aromatic rings. The summed E-state index contributed by atoms with van der Waals surface area (Å²) in [5.41, 5.74) is 0.853. The Hall–Kier alpha value is -1.14. The molecule has 0 aliphatic rings. The van der Waals surface area contributed by atoms with Gasteiger partial charge in [0, 0.05) is 19.8 Å². The molecule has 0 saturated heterocycles. The van der Waals surface area contributed by atoms with Crippen molar-refractivity contribution in [2.75, 3.05) is 5.32 Å². The summed E-state index contributed by atoms with van der Waals surface area (Å²) in [4.78, 5) is 11.9. The zero-order chi connectivity index (χ0) is 13.1. The lowest BCUT2D eigenvalue weighted by atomic mass is 10.2. The second-order valence-electron chi connectivity index (χ2n) is 3.62. The predicted octanol–water partition coefficient (Wildman–Crippen LogP) is 4.34. The van der Waals surface area contributed by atoms with Gasteiger partial charge in [0.15, 0.2) is 0 Å². The van der Waals surface area contributed by atoms with Crippen molar-refractivity contribution in [2.45, 2.75) is 0 Å². The number of hydrogen-bond acceptors (Lipinski definition) is 1. The Bertz CT molecular complexity index is 583. The van der Waals surface area contributed by atoms with Crippen LogP contribution in [-0.4, -0.2) is 5.91 Å². The van der Waals surface area contributed by atoms with Crippen LogP contribution in [0.5, 0.6) is 0 Å². The highest BCUT2D eigenvalue weighted by Gasteiger charge is 2.07. The number of rotatable bonds is 2. The van der Waals surface area contributed by atoms with Crippen LogP contribution in [-0.2, 0) is 0 Å². The van der Waals surface area contributed by atoms with Gasteiger partial charge in [0.1, 0.15) is 5.82 Å². The SMILES string of the molecule is O=C(Nc1cc(F)cc(Cl)c1)c1cccc(I)c1. The summed E-state index contributed by atoms with van der Waals surface area (Å²) in [5.74, 6) is -0.782. The van der Waals surface area contributed by atoms with Crippen LogP contribution in [0.15, 0.2) is 42.5 Å². The molecule has 0 aliphatic heterocycles. The summed E-state index contributed by atoms with van der Waals surface area (Å²) in [5, 5.41) is 2.84. The molecule has 0 atom stereocenters. The van der Waals surface area contributed by atoms with Crippen molar-refractivity contribution in [3.8, 4) is 0 Å². The molecule has 0 saturated carbocycles. The van der Waals surface area contributed by atoms with Crippen LogP contribution in [0.4, 0.5) is 10.1 Å². The summed E-state index contributed by atoms with van der Waals surface area (Å²) in [6.45, 7) is 0. The van der Waals surface area contributed by atoms with Crippen LogP contribution in [0, 0.1) is 9.39 Å². The van der Waals surface area contributed by atoms with Crippen molar-refractivity contribution in [1.29, 1.82) is 0 Å². The standard InChI is InChI=1S/C13H8ClFINO/c14-9-5-10(15)7-12(6-9)17-13(18)8-2-1-3-11(16)4-8/h1-7H,(H,17,18). The first-order chi connectivity index (χ1) is 8.54. The number of carbonyl (C=O) groups excluding carboxylic acids is 1. The third-order valence-corrected chi connectivity index (χ3v) is 3.10. The van der Waals surface area contributed by atoms with Crippen molar-refractivity contribution in [2.24, 2.45) is 0 Å². The molecule has 0 aromatic heterocycles. The molecule has 5 heteroatoms. The first kappa shape index (κ1) is 13.3. The van der Waals surface area contributed by atoms with Gasteiger partial charge in [0.2, 0.25) is 0 Å². The average Bonchev–Trinajstić information content (AvgIpc) is 2.27. The topological polar surface area (TPSA) is 29.1 Å². The van der Waals surface area contributed by atoms with Crippen LogP contribution >= 0.6 is 34.2 Å². The first-order valence-corrected chi connectivity index (χ1v) is 6.53. The van der Waals surface area contributed by atoms with Gasteiger partial charge in [0.05, 0.1) is 0 Å². The molecule has 92 valence electrons. The number of nitrogens with one attached hydrogen (secondary N) is 1. The fraction of sp³-hybridized carbons (Fsp3) is 0. The molecular formula is C13H8ClFINO. The number of hydrogen-bond donors (Lipinski definition) is 1. The minimum atomic E-state index is -0.486. The van der Waals surface area contributed by atoms with Gasteiger partial charge < -0.3 is 5.32 Å².